The van der Waals surface area contributed by atoms with Crippen LogP contribution in [0.3, 0.4) is 0 Å². The van der Waals surface area contributed by atoms with Gasteiger partial charge in [0.2, 0.25) is 0 Å². The van der Waals surface area contributed by atoms with Gasteiger partial charge in [-0.15, -0.1) is 0 Å². The Kier molecular flexibility index (Phi) is 5.50. The molecule has 0 bridgehead atoms. The van der Waals surface area contributed by atoms with E-state index >= 15 is 0 Å². The number of piperazine rings is 1. The van der Waals surface area contributed by atoms with E-state index in [2.05, 4.69) is 33.0 Å². The number of carbonyl (C=O) groups is 1. The Morgan fingerprint density at radius 3 is 2.72 bits per heavy atom. The molecule has 1 aliphatic heterocycles. The van der Waals surface area contributed by atoms with Gasteiger partial charge in [-0.05, 0) is 36.8 Å². The topological polar surface area (TPSA) is 71.7 Å². The van der Waals surface area contributed by atoms with Gasteiger partial charge in [0.05, 0.1) is 0 Å². The third-order valence-corrected chi connectivity index (χ3v) is 4.30. The number of ether oxygens (including phenoxy) is 1. The molecule has 1 amide bonds. The van der Waals surface area contributed by atoms with E-state index in [4.69, 9.17) is 10.5 Å². The first-order valence-electron chi connectivity index (χ1n) is 8.50. The number of carbonyl (C=O) groups excluding carboxylic acids is 1. The van der Waals surface area contributed by atoms with Crippen LogP contribution in [-0.2, 0) is 11.3 Å². The second kappa shape index (κ2) is 7.98. The van der Waals surface area contributed by atoms with Crippen LogP contribution in [-0.4, -0.2) is 48.6 Å². The summed E-state index contributed by atoms with van der Waals surface area (Å²) in [5, 5.41) is 0. The van der Waals surface area contributed by atoms with E-state index in [1.165, 1.54) is 11.3 Å². The molecule has 132 valence electrons. The highest BCUT2D eigenvalue weighted by Gasteiger charge is 2.17. The number of hydrogen-bond donors (Lipinski definition) is 1. The first kappa shape index (κ1) is 17.2. The molecule has 1 saturated heterocycles. The Labute approximate surface area is 148 Å². The van der Waals surface area contributed by atoms with Gasteiger partial charge in [-0.1, -0.05) is 12.1 Å². The molecule has 2 aromatic rings. The summed E-state index contributed by atoms with van der Waals surface area (Å²) >= 11 is 0. The predicted molar refractivity (Wildman–Crippen MR) is 97.6 cm³/mol. The van der Waals surface area contributed by atoms with Crippen molar-refractivity contribution in [2.45, 2.75) is 13.5 Å². The third kappa shape index (κ3) is 4.93. The standard InChI is InChI=1S/C19H24N4O2/c1-15-11-17(5-6-21-15)23-9-7-22(8-10-23)13-16-3-2-4-18(12-16)25-14-19(20)24/h2-6,11-12H,7-10,13-14H2,1H3,(H2,20,24). The van der Waals surface area contributed by atoms with Crippen LogP contribution in [0.1, 0.15) is 11.3 Å². The highest BCUT2D eigenvalue weighted by Crippen LogP contribution is 2.19. The minimum Gasteiger partial charge on any atom is -0.484 e. The second-order valence-electron chi connectivity index (χ2n) is 6.32. The van der Waals surface area contributed by atoms with Crippen molar-refractivity contribution in [3.8, 4) is 5.75 Å². The van der Waals surface area contributed by atoms with Crippen molar-refractivity contribution < 1.29 is 9.53 Å². The first-order valence-corrected chi connectivity index (χ1v) is 8.50. The lowest BCUT2D eigenvalue weighted by Gasteiger charge is -2.36. The molecule has 0 saturated carbocycles. The lowest BCUT2D eigenvalue weighted by atomic mass is 10.2. The Morgan fingerprint density at radius 1 is 1.20 bits per heavy atom. The number of nitrogens with zero attached hydrogens (tertiary/aromatic N) is 3. The maximum absolute atomic E-state index is 10.8. The van der Waals surface area contributed by atoms with Crippen molar-refractivity contribution in [1.29, 1.82) is 0 Å². The molecule has 1 aromatic carbocycles. The van der Waals surface area contributed by atoms with Crippen molar-refractivity contribution in [2.75, 3.05) is 37.7 Å². The van der Waals surface area contributed by atoms with Crippen LogP contribution < -0.4 is 15.4 Å². The van der Waals surface area contributed by atoms with Gasteiger partial charge in [0.1, 0.15) is 5.75 Å². The third-order valence-electron chi connectivity index (χ3n) is 4.30. The van der Waals surface area contributed by atoms with Gasteiger partial charge in [-0.25, -0.2) is 0 Å². The van der Waals surface area contributed by atoms with Crippen LogP contribution in [0, 0.1) is 6.92 Å². The van der Waals surface area contributed by atoms with E-state index in [1.54, 1.807) is 0 Å². The zero-order chi connectivity index (χ0) is 17.6. The monoisotopic (exact) mass is 340 g/mol. The van der Waals surface area contributed by atoms with Gasteiger partial charge in [0, 0.05) is 50.3 Å². The Morgan fingerprint density at radius 2 is 2.00 bits per heavy atom. The lowest BCUT2D eigenvalue weighted by Crippen LogP contribution is -2.46. The molecule has 25 heavy (non-hydrogen) atoms. The number of aromatic nitrogens is 1. The van der Waals surface area contributed by atoms with Gasteiger partial charge in [-0.3, -0.25) is 14.7 Å². The molecule has 2 heterocycles. The number of nitrogens with two attached hydrogens (primary N) is 1. The molecule has 2 N–H and O–H groups in total. The van der Waals surface area contributed by atoms with Gasteiger partial charge in [0.15, 0.2) is 6.61 Å². The van der Waals surface area contributed by atoms with Crippen LogP contribution in [0.5, 0.6) is 5.75 Å². The molecule has 1 fully saturated rings. The average molecular weight is 340 g/mol. The highest BCUT2D eigenvalue weighted by molar-refractivity contribution is 5.75. The fraction of sp³-hybridized carbons (Fsp3) is 0.368. The van der Waals surface area contributed by atoms with E-state index in [-0.39, 0.29) is 6.61 Å². The summed E-state index contributed by atoms with van der Waals surface area (Å²) in [4.78, 5) is 19.9. The van der Waals surface area contributed by atoms with Gasteiger partial charge < -0.3 is 15.4 Å². The zero-order valence-electron chi connectivity index (χ0n) is 14.5. The first-order chi connectivity index (χ1) is 12.1. The molecule has 0 radical (unpaired) electrons. The van der Waals surface area contributed by atoms with Crippen LogP contribution in [0.4, 0.5) is 5.69 Å². The maximum Gasteiger partial charge on any atom is 0.255 e. The summed E-state index contributed by atoms with van der Waals surface area (Å²) in [6.45, 7) is 6.82. The number of hydrogen-bond acceptors (Lipinski definition) is 5. The zero-order valence-corrected chi connectivity index (χ0v) is 14.5. The summed E-state index contributed by atoms with van der Waals surface area (Å²) in [5.74, 6) is 0.218. The minimum atomic E-state index is -0.465. The molecule has 1 aliphatic rings. The van der Waals surface area contributed by atoms with Gasteiger partial charge in [-0.2, -0.15) is 0 Å². The Balaban J connectivity index is 1.53. The molecule has 1 aromatic heterocycles. The quantitative estimate of drug-likeness (QED) is 0.864. The second-order valence-corrected chi connectivity index (χ2v) is 6.32. The van der Waals surface area contributed by atoms with Crippen molar-refractivity contribution in [1.82, 2.24) is 9.88 Å². The summed E-state index contributed by atoms with van der Waals surface area (Å²) in [5.41, 5.74) is 8.59. The van der Waals surface area contributed by atoms with E-state index < -0.39 is 5.91 Å². The van der Waals surface area contributed by atoms with Crippen molar-refractivity contribution in [3.63, 3.8) is 0 Å². The minimum absolute atomic E-state index is 0.0898. The number of benzene rings is 1. The fourth-order valence-electron chi connectivity index (χ4n) is 3.04. The number of pyridine rings is 1. The summed E-state index contributed by atoms with van der Waals surface area (Å²) in [6, 6.07) is 12.0. The summed E-state index contributed by atoms with van der Waals surface area (Å²) < 4.78 is 5.38. The lowest BCUT2D eigenvalue weighted by molar-refractivity contribution is -0.119. The molecule has 6 heteroatoms. The normalized spacial score (nSPS) is 15.2. The Hall–Kier alpha value is -2.60. The number of rotatable bonds is 6. The molecule has 3 rings (SSSR count). The number of primary amides is 1. The average Bonchev–Trinajstić information content (AvgIpc) is 2.61. The van der Waals surface area contributed by atoms with Crippen LogP contribution in [0.15, 0.2) is 42.6 Å². The summed E-state index contributed by atoms with van der Waals surface area (Å²) in [7, 11) is 0. The Bertz CT molecular complexity index is 727. The van der Waals surface area contributed by atoms with E-state index in [9.17, 15) is 4.79 Å². The largest absolute Gasteiger partial charge is 0.484 e. The smallest absolute Gasteiger partial charge is 0.255 e. The molecular formula is C19H24N4O2. The summed E-state index contributed by atoms with van der Waals surface area (Å²) in [6.07, 6.45) is 1.87. The maximum atomic E-state index is 10.8. The van der Waals surface area contributed by atoms with Crippen molar-refractivity contribution >= 4 is 11.6 Å². The van der Waals surface area contributed by atoms with E-state index in [1.807, 2.05) is 31.3 Å². The van der Waals surface area contributed by atoms with Crippen LogP contribution >= 0.6 is 0 Å². The number of anilines is 1. The number of amides is 1. The SMILES string of the molecule is Cc1cc(N2CCN(Cc3cccc(OCC(N)=O)c3)CC2)ccn1. The van der Waals surface area contributed by atoms with Crippen molar-refractivity contribution in [2.24, 2.45) is 5.73 Å². The highest BCUT2D eigenvalue weighted by atomic mass is 16.5. The molecule has 0 aliphatic carbocycles. The molecular weight excluding hydrogens is 316 g/mol. The van der Waals surface area contributed by atoms with Crippen LogP contribution in [0.25, 0.3) is 0 Å². The molecule has 0 atom stereocenters. The van der Waals surface area contributed by atoms with Gasteiger partial charge in [0.25, 0.3) is 5.91 Å². The fourth-order valence-corrected chi connectivity index (χ4v) is 3.04. The number of aryl methyl sites for hydroxylation is 1. The van der Waals surface area contributed by atoms with E-state index in [0.717, 1.165) is 38.4 Å². The van der Waals surface area contributed by atoms with Crippen molar-refractivity contribution in [3.05, 3.63) is 53.9 Å². The molecule has 6 nitrogen and oxygen atoms in total. The molecule has 0 spiro atoms. The van der Waals surface area contributed by atoms with E-state index in [0.29, 0.717) is 5.75 Å². The van der Waals surface area contributed by atoms with Crippen LogP contribution in [0.2, 0.25) is 0 Å². The van der Waals surface area contributed by atoms with Gasteiger partial charge >= 0.3 is 0 Å². The molecule has 0 unspecified atom stereocenters. The predicted octanol–water partition coefficient (Wildman–Crippen LogP) is 1.58.